The summed E-state index contributed by atoms with van der Waals surface area (Å²) in [5.74, 6) is -0.912. The van der Waals surface area contributed by atoms with Gasteiger partial charge in [0.2, 0.25) is 0 Å². The monoisotopic (exact) mass is 214 g/mol. The summed E-state index contributed by atoms with van der Waals surface area (Å²) in [6.45, 7) is 6.30. The Morgan fingerprint density at radius 2 is 1.80 bits per heavy atom. The molecule has 0 amide bonds. The third kappa shape index (κ3) is 2.33. The third-order valence-corrected chi connectivity index (χ3v) is 4.40. The van der Waals surface area contributed by atoms with Crippen molar-refractivity contribution in [2.24, 2.45) is 10.8 Å². The first-order chi connectivity index (χ1) is 6.79. The summed E-state index contributed by atoms with van der Waals surface area (Å²) in [5, 5.41) is 18.8. The van der Waals surface area contributed by atoms with Crippen molar-refractivity contribution in [2.45, 2.75) is 59.0 Å². The van der Waals surface area contributed by atoms with Crippen molar-refractivity contribution in [2.75, 3.05) is 0 Å². The standard InChI is InChI=1S/C12H22O3/c1-11(2)6-4-5-7-12(11,3)9(13)8-10(14)15/h9,13H,4-8H2,1-3H3,(H,14,15). The summed E-state index contributed by atoms with van der Waals surface area (Å²) in [5.41, 5.74) is -0.232. The van der Waals surface area contributed by atoms with Crippen molar-refractivity contribution in [3.63, 3.8) is 0 Å². The molecule has 0 bridgehead atoms. The van der Waals surface area contributed by atoms with Crippen molar-refractivity contribution in [3.8, 4) is 0 Å². The highest BCUT2D eigenvalue weighted by Crippen LogP contribution is 2.52. The number of hydrogen-bond acceptors (Lipinski definition) is 2. The van der Waals surface area contributed by atoms with E-state index in [4.69, 9.17) is 5.11 Å². The topological polar surface area (TPSA) is 57.5 Å². The van der Waals surface area contributed by atoms with Crippen LogP contribution in [-0.2, 0) is 4.79 Å². The Hall–Kier alpha value is -0.570. The smallest absolute Gasteiger partial charge is 0.305 e. The second-order valence-corrected chi connectivity index (χ2v) is 5.62. The summed E-state index contributed by atoms with van der Waals surface area (Å²) >= 11 is 0. The van der Waals surface area contributed by atoms with Crippen LogP contribution in [0.1, 0.15) is 52.9 Å². The van der Waals surface area contributed by atoms with Gasteiger partial charge in [-0.05, 0) is 23.7 Å². The molecule has 15 heavy (non-hydrogen) atoms. The highest BCUT2D eigenvalue weighted by molar-refractivity contribution is 5.67. The quantitative estimate of drug-likeness (QED) is 0.758. The average molecular weight is 214 g/mol. The molecular weight excluding hydrogens is 192 g/mol. The van der Waals surface area contributed by atoms with Gasteiger partial charge in [-0.2, -0.15) is 0 Å². The lowest BCUT2D eigenvalue weighted by Crippen LogP contribution is -2.47. The second kappa shape index (κ2) is 4.12. The van der Waals surface area contributed by atoms with Crippen LogP contribution >= 0.6 is 0 Å². The minimum atomic E-state index is -0.912. The summed E-state index contributed by atoms with van der Waals surface area (Å²) in [4.78, 5) is 10.6. The van der Waals surface area contributed by atoms with Crippen LogP contribution in [0.25, 0.3) is 0 Å². The van der Waals surface area contributed by atoms with Crippen LogP contribution < -0.4 is 0 Å². The van der Waals surface area contributed by atoms with Crippen molar-refractivity contribution in [1.82, 2.24) is 0 Å². The Morgan fingerprint density at radius 1 is 1.27 bits per heavy atom. The number of carboxylic acid groups (broad SMARTS) is 1. The Kier molecular flexibility index (Phi) is 3.44. The molecule has 1 fully saturated rings. The Morgan fingerprint density at radius 3 is 2.27 bits per heavy atom. The molecule has 2 atom stereocenters. The molecule has 0 saturated heterocycles. The fourth-order valence-corrected chi connectivity index (χ4v) is 2.69. The normalized spacial score (nSPS) is 32.3. The predicted octanol–water partition coefficient (Wildman–Crippen LogP) is 2.43. The van der Waals surface area contributed by atoms with Gasteiger partial charge >= 0.3 is 5.97 Å². The lowest BCUT2D eigenvalue weighted by atomic mass is 9.56. The van der Waals surface area contributed by atoms with Crippen LogP contribution in [0.4, 0.5) is 0 Å². The van der Waals surface area contributed by atoms with E-state index in [-0.39, 0.29) is 17.3 Å². The van der Waals surface area contributed by atoms with E-state index >= 15 is 0 Å². The Labute approximate surface area is 91.5 Å². The molecule has 0 aromatic rings. The van der Waals surface area contributed by atoms with E-state index in [0.717, 1.165) is 19.3 Å². The molecule has 2 unspecified atom stereocenters. The number of hydrogen-bond donors (Lipinski definition) is 2. The molecule has 3 nitrogen and oxygen atoms in total. The van der Waals surface area contributed by atoms with Gasteiger partial charge in [0, 0.05) is 0 Å². The van der Waals surface area contributed by atoms with E-state index in [1.165, 1.54) is 6.42 Å². The van der Waals surface area contributed by atoms with Crippen LogP contribution in [0.2, 0.25) is 0 Å². The molecule has 0 radical (unpaired) electrons. The number of aliphatic hydroxyl groups excluding tert-OH is 1. The lowest BCUT2D eigenvalue weighted by Gasteiger charge is -2.50. The van der Waals surface area contributed by atoms with E-state index in [2.05, 4.69) is 13.8 Å². The molecule has 1 rings (SSSR count). The molecule has 0 heterocycles. The zero-order valence-electron chi connectivity index (χ0n) is 9.92. The van der Waals surface area contributed by atoms with Crippen molar-refractivity contribution < 1.29 is 15.0 Å². The maximum atomic E-state index is 10.6. The van der Waals surface area contributed by atoms with Gasteiger partial charge in [0.25, 0.3) is 0 Å². The van der Waals surface area contributed by atoms with Crippen LogP contribution in [0.5, 0.6) is 0 Å². The predicted molar refractivity (Wildman–Crippen MR) is 58.6 cm³/mol. The minimum Gasteiger partial charge on any atom is -0.481 e. The first kappa shape index (κ1) is 12.5. The van der Waals surface area contributed by atoms with Gasteiger partial charge in [0.05, 0.1) is 12.5 Å². The van der Waals surface area contributed by atoms with Crippen LogP contribution in [0.3, 0.4) is 0 Å². The van der Waals surface area contributed by atoms with Gasteiger partial charge in [0.15, 0.2) is 0 Å². The maximum Gasteiger partial charge on any atom is 0.305 e. The van der Waals surface area contributed by atoms with Crippen molar-refractivity contribution in [3.05, 3.63) is 0 Å². The van der Waals surface area contributed by atoms with E-state index in [1.807, 2.05) is 6.92 Å². The zero-order chi connectivity index (χ0) is 11.7. The summed E-state index contributed by atoms with van der Waals surface area (Å²) < 4.78 is 0. The van der Waals surface area contributed by atoms with Gasteiger partial charge in [-0.3, -0.25) is 4.79 Å². The summed E-state index contributed by atoms with van der Waals surface area (Å²) in [6.07, 6.45) is 3.40. The number of carbonyl (C=O) groups is 1. The highest BCUT2D eigenvalue weighted by Gasteiger charge is 2.47. The number of aliphatic carboxylic acids is 1. The first-order valence-corrected chi connectivity index (χ1v) is 5.69. The van der Waals surface area contributed by atoms with Gasteiger partial charge < -0.3 is 10.2 Å². The van der Waals surface area contributed by atoms with E-state index < -0.39 is 12.1 Å². The molecule has 88 valence electrons. The zero-order valence-corrected chi connectivity index (χ0v) is 9.92. The van der Waals surface area contributed by atoms with Gasteiger partial charge in [-0.15, -0.1) is 0 Å². The molecule has 1 aliphatic rings. The van der Waals surface area contributed by atoms with Crippen LogP contribution in [0, 0.1) is 10.8 Å². The molecule has 0 aromatic heterocycles. The molecule has 1 aliphatic carbocycles. The maximum absolute atomic E-state index is 10.6. The average Bonchev–Trinajstić information content (AvgIpc) is 2.09. The van der Waals surface area contributed by atoms with E-state index in [1.54, 1.807) is 0 Å². The van der Waals surface area contributed by atoms with E-state index in [0.29, 0.717) is 0 Å². The van der Waals surface area contributed by atoms with Crippen LogP contribution in [-0.4, -0.2) is 22.3 Å². The summed E-state index contributed by atoms with van der Waals surface area (Å²) in [7, 11) is 0. The number of rotatable bonds is 3. The van der Waals surface area contributed by atoms with E-state index in [9.17, 15) is 9.90 Å². The fraction of sp³-hybridized carbons (Fsp3) is 0.917. The molecule has 0 aromatic carbocycles. The van der Waals surface area contributed by atoms with Crippen molar-refractivity contribution in [1.29, 1.82) is 0 Å². The SMILES string of the molecule is CC1(C)CCCCC1(C)C(O)CC(=O)O. The van der Waals surface area contributed by atoms with Crippen LogP contribution in [0.15, 0.2) is 0 Å². The fourth-order valence-electron chi connectivity index (χ4n) is 2.69. The second-order valence-electron chi connectivity index (χ2n) is 5.62. The first-order valence-electron chi connectivity index (χ1n) is 5.69. The minimum absolute atomic E-state index is 0.0279. The van der Waals surface area contributed by atoms with Gasteiger partial charge in [-0.1, -0.05) is 33.6 Å². The largest absolute Gasteiger partial charge is 0.481 e. The van der Waals surface area contributed by atoms with Gasteiger partial charge in [0.1, 0.15) is 0 Å². The lowest BCUT2D eigenvalue weighted by molar-refractivity contribution is -0.145. The summed E-state index contributed by atoms with van der Waals surface area (Å²) in [6, 6.07) is 0. The number of aliphatic hydroxyl groups is 1. The highest BCUT2D eigenvalue weighted by atomic mass is 16.4. The Bertz CT molecular complexity index is 247. The van der Waals surface area contributed by atoms with Gasteiger partial charge in [-0.25, -0.2) is 0 Å². The Balaban J connectivity index is 2.82. The molecular formula is C12H22O3. The molecule has 0 aliphatic heterocycles. The molecule has 1 saturated carbocycles. The number of carboxylic acids is 1. The third-order valence-electron chi connectivity index (χ3n) is 4.40. The molecule has 2 N–H and O–H groups in total. The molecule has 3 heteroatoms. The molecule has 0 spiro atoms. The van der Waals surface area contributed by atoms with Crippen molar-refractivity contribution >= 4 is 5.97 Å².